The van der Waals surface area contributed by atoms with Crippen molar-refractivity contribution in [2.45, 2.75) is 38.4 Å². The number of hydrogen-bond acceptors (Lipinski definition) is 3. The normalized spacial score (nSPS) is 16.8. The Morgan fingerprint density at radius 3 is 2.62 bits per heavy atom. The summed E-state index contributed by atoms with van der Waals surface area (Å²) in [5, 5.41) is 3.57. The van der Waals surface area contributed by atoms with Crippen LogP contribution in [0.4, 0.5) is 13.2 Å². The number of halogens is 3. The standard InChI is InChI=1S/C10H13F3N2S/c1-2-14-5-7-8(10(11,12)13)15-9(16-7)6-3-4-6/h6,14H,2-5H2,1H3. The molecule has 2 rings (SSSR count). The summed E-state index contributed by atoms with van der Waals surface area (Å²) >= 11 is 1.20. The van der Waals surface area contributed by atoms with Crippen molar-refractivity contribution < 1.29 is 13.2 Å². The van der Waals surface area contributed by atoms with Crippen molar-refractivity contribution in [3.8, 4) is 0 Å². The number of thiazole rings is 1. The maximum absolute atomic E-state index is 12.7. The van der Waals surface area contributed by atoms with Crippen LogP contribution in [0.3, 0.4) is 0 Å². The van der Waals surface area contributed by atoms with Crippen LogP contribution in [0, 0.1) is 0 Å². The average Bonchev–Trinajstić information content (AvgIpc) is 2.94. The van der Waals surface area contributed by atoms with Crippen molar-refractivity contribution in [3.05, 3.63) is 15.6 Å². The van der Waals surface area contributed by atoms with Crippen LogP contribution in [0.25, 0.3) is 0 Å². The van der Waals surface area contributed by atoms with E-state index in [0.717, 1.165) is 12.8 Å². The van der Waals surface area contributed by atoms with E-state index in [1.54, 1.807) is 0 Å². The van der Waals surface area contributed by atoms with Crippen LogP contribution in [0.2, 0.25) is 0 Å². The van der Waals surface area contributed by atoms with Gasteiger partial charge in [-0.15, -0.1) is 11.3 Å². The third kappa shape index (κ3) is 2.55. The van der Waals surface area contributed by atoms with Gasteiger partial charge in [-0.1, -0.05) is 6.92 Å². The minimum Gasteiger partial charge on any atom is -0.312 e. The van der Waals surface area contributed by atoms with Crippen molar-refractivity contribution in [1.82, 2.24) is 10.3 Å². The third-order valence-electron chi connectivity index (χ3n) is 2.44. The molecule has 1 aliphatic carbocycles. The Kier molecular flexibility index (Phi) is 3.21. The minimum atomic E-state index is -4.33. The fraction of sp³-hybridized carbons (Fsp3) is 0.700. The molecule has 0 aromatic carbocycles. The molecule has 1 heterocycles. The lowest BCUT2D eigenvalue weighted by Gasteiger charge is -2.05. The summed E-state index contributed by atoms with van der Waals surface area (Å²) in [6.45, 7) is 2.79. The first-order chi connectivity index (χ1) is 7.52. The van der Waals surface area contributed by atoms with Crippen LogP contribution >= 0.6 is 11.3 Å². The Labute approximate surface area is 95.9 Å². The van der Waals surface area contributed by atoms with E-state index in [0.29, 0.717) is 16.4 Å². The number of rotatable bonds is 4. The number of hydrogen-bond donors (Lipinski definition) is 1. The highest BCUT2D eigenvalue weighted by atomic mass is 32.1. The molecule has 0 atom stereocenters. The number of nitrogens with one attached hydrogen (secondary N) is 1. The number of aromatic nitrogens is 1. The highest BCUT2D eigenvalue weighted by Gasteiger charge is 2.39. The Morgan fingerprint density at radius 2 is 2.12 bits per heavy atom. The average molecular weight is 250 g/mol. The Bertz CT molecular complexity index is 369. The van der Waals surface area contributed by atoms with E-state index in [-0.39, 0.29) is 12.5 Å². The lowest BCUT2D eigenvalue weighted by Crippen LogP contribution is -2.15. The fourth-order valence-electron chi connectivity index (χ4n) is 1.45. The van der Waals surface area contributed by atoms with Crippen LogP contribution < -0.4 is 5.32 Å². The quantitative estimate of drug-likeness (QED) is 0.888. The first-order valence-corrected chi connectivity index (χ1v) is 6.11. The van der Waals surface area contributed by atoms with Crippen LogP contribution in [-0.4, -0.2) is 11.5 Å². The van der Waals surface area contributed by atoms with E-state index in [1.165, 1.54) is 11.3 Å². The third-order valence-corrected chi connectivity index (χ3v) is 3.66. The van der Waals surface area contributed by atoms with Gasteiger partial charge in [-0.05, 0) is 19.4 Å². The highest BCUT2D eigenvalue weighted by Crippen LogP contribution is 2.45. The molecule has 1 saturated carbocycles. The van der Waals surface area contributed by atoms with E-state index in [4.69, 9.17) is 0 Å². The van der Waals surface area contributed by atoms with Gasteiger partial charge in [0.25, 0.3) is 0 Å². The first kappa shape index (κ1) is 11.9. The van der Waals surface area contributed by atoms with Crippen molar-refractivity contribution in [3.63, 3.8) is 0 Å². The lowest BCUT2D eigenvalue weighted by molar-refractivity contribution is -0.141. The van der Waals surface area contributed by atoms with Gasteiger partial charge in [0.2, 0.25) is 0 Å². The lowest BCUT2D eigenvalue weighted by atomic mass is 10.3. The summed E-state index contributed by atoms with van der Waals surface area (Å²) in [6.07, 6.45) is -2.37. The molecule has 16 heavy (non-hydrogen) atoms. The zero-order valence-corrected chi connectivity index (χ0v) is 9.71. The van der Waals surface area contributed by atoms with Crippen LogP contribution in [0.1, 0.15) is 41.3 Å². The van der Waals surface area contributed by atoms with Gasteiger partial charge in [-0.2, -0.15) is 13.2 Å². The highest BCUT2D eigenvalue weighted by molar-refractivity contribution is 7.11. The van der Waals surface area contributed by atoms with Gasteiger partial charge < -0.3 is 5.32 Å². The van der Waals surface area contributed by atoms with Gasteiger partial charge in [0.15, 0.2) is 5.69 Å². The molecule has 1 aliphatic rings. The smallest absolute Gasteiger partial charge is 0.312 e. The van der Waals surface area contributed by atoms with E-state index in [2.05, 4.69) is 10.3 Å². The summed E-state index contributed by atoms with van der Waals surface area (Å²) in [4.78, 5) is 4.07. The summed E-state index contributed by atoms with van der Waals surface area (Å²) in [7, 11) is 0. The molecule has 0 unspecified atom stereocenters. The zero-order valence-electron chi connectivity index (χ0n) is 8.90. The monoisotopic (exact) mass is 250 g/mol. The molecular formula is C10H13F3N2S. The maximum Gasteiger partial charge on any atom is 0.434 e. The minimum absolute atomic E-state index is 0.260. The molecular weight excluding hydrogens is 237 g/mol. The van der Waals surface area contributed by atoms with Gasteiger partial charge in [-0.3, -0.25) is 0 Å². The first-order valence-electron chi connectivity index (χ1n) is 5.30. The molecule has 0 amide bonds. The van der Waals surface area contributed by atoms with Crippen molar-refractivity contribution in [2.24, 2.45) is 0 Å². The zero-order chi connectivity index (χ0) is 11.8. The Balaban J connectivity index is 2.24. The van der Waals surface area contributed by atoms with Crippen LogP contribution in [0.5, 0.6) is 0 Å². The second-order valence-corrected chi connectivity index (χ2v) is 4.99. The van der Waals surface area contributed by atoms with Crippen molar-refractivity contribution >= 4 is 11.3 Å². The second-order valence-electron chi connectivity index (χ2n) is 3.88. The Hall–Kier alpha value is -0.620. The molecule has 0 spiro atoms. The van der Waals surface area contributed by atoms with E-state index < -0.39 is 11.9 Å². The van der Waals surface area contributed by atoms with Crippen molar-refractivity contribution in [2.75, 3.05) is 6.54 Å². The molecule has 6 heteroatoms. The molecule has 0 bridgehead atoms. The fourth-order valence-corrected chi connectivity index (χ4v) is 2.68. The predicted molar refractivity (Wildman–Crippen MR) is 56.5 cm³/mol. The van der Waals surface area contributed by atoms with E-state index in [9.17, 15) is 13.2 Å². The van der Waals surface area contributed by atoms with Gasteiger partial charge in [0.1, 0.15) is 0 Å². The van der Waals surface area contributed by atoms with E-state index in [1.807, 2.05) is 6.92 Å². The molecule has 90 valence electrons. The topological polar surface area (TPSA) is 24.9 Å². The maximum atomic E-state index is 12.7. The number of nitrogens with zero attached hydrogens (tertiary/aromatic N) is 1. The molecule has 0 radical (unpaired) electrons. The summed E-state index contributed by atoms with van der Waals surface area (Å²) < 4.78 is 38.1. The molecule has 1 N–H and O–H groups in total. The van der Waals surface area contributed by atoms with Crippen LogP contribution in [-0.2, 0) is 12.7 Å². The SMILES string of the molecule is CCNCc1sc(C2CC2)nc1C(F)(F)F. The number of alkyl halides is 3. The predicted octanol–water partition coefficient (Wildman–Crippen LogP) is 3.15. The second kappa shape index (κ2) is 4.33. The molecule has 1 aromatic rings. The molecule has 0 saturated heterocycles. The summed E-state index contributed by atoms with van der Waals surface area (Å²) in [5.74, 6) is 0.279. The largest absolute Gasteiger partial charge is 0.434 e. The Morgan fingerprint density at radius 1 is 1.44 bits per heavy atom. The molecule has 1 aromatic heterocycles. The van der Waals surface area contributed by atoms with Crippen molar-refractivity contribution in [1.29, 1.82) is 0 Å². The van der Waals surface area contributed by atoms with Gasteiger partial charge >= 0.3 is 6.18 Å². The van der Waals surface area contributed by atoms with Gasteiger partial charge in [0, 0.05) is 12.5 Å². The van der Waals surface area contributed by atoms with Gasteiger partial charge in [0.05, 0.1) is 9.88 Å². The van der Waals surface area contributed by atoms with E-state index >= 15 is 0 Å². The molecule has 2 nitrogen and oxygen atoms in total. The summed E-state index contributed by atoms with van der Waals surface area (Å²) in [6, 6.07) is 0. The van der Waals surface area contributed by atoms with Crippen LogP contribution in [0.15, 0.2) is 0 Å². The van der Waals surface area contributed by atoms with Gasteiger partial charge in [-0.25, -0.2) is 4.98 Å². The summed E-state index contributed by atoms with van der Waals surface area (Å²) in [5.41, 5.74) is -0.694. The molecule has 0 aliphatic heterocycles. The molecule has 1 fully saturated rings.